The van der Waals surface area contributed by atoms with Crippen LogP contribution in [0.3, 0.4) is 0 Å². The van der Waals surface area contributed by atoms with Gasteiger partial charge in [-0.2, -0.15) is 8.75 Å². The predicted molar refractivity (Wildman–Crippen MR) is 103 cm³/mol. The lowest BCUT2D eigenvalue weighted by Gasteiger charge is -2.57. The van der Waals surface area contributed by atoms with Gasteiger partial charge in [0.05, 0.1) is 11.7 Å². The summed E-state index contributed by atoms with van der Waals surface area (Å²) in [5.74, 6) is 2.69. The maximum atomic E-state index is 13.0. The monoisotopic (exact) mass is 391 g/mol. The smallest absolute Gasteiger partial charge is 0.211 e. The van der Waals surface area contributed by atoms with E-state index in [2.05, 4.69) is 13.5 Å². The summed E-state index contributed by atoms with van der Waals surface area (Å²) < 4.78 is 37.2. The maximum Gasteiger partial charge on any atom is 0.243 e. The molecule has 26 heavy (non-hydrogen) atoms. The Morgan fingerprint density at radius 3 is 2.42 bits per heavy atom. The van der Waals surface area contributed by atoms with Crippen molar-refractivity contribution >= 4 is 32.8 Å². The lowest BCUT2D eigenvalue weighted by atomic mass is 9.49. The highest BCUT2D eigenvalue weighted by Gasteiger charge is 2.50. The van der Waals surface area contributed by atoms with Gasteiger partial charge >= 0.3 is 0 Å². The van der Waals surface area contributed by atoms with Crippen molar-refractivity contribution in [3.63, 3.8) is 0 Å². The molecule has 0 saturated heterocycles. The van der Waals surface area contributed by atoms with Crippen molar-refractivity contribution in [3.05, 3.63) is 17.7 Å². The summed E-state index contributed by atoms with van der Waals surface area (Å²) in [4.78, 5) is 0.300. The van der Waals surface area contributed by atoms with Crippen LogP contribution in [0, 0.1) is 30.1 Å². The molecule has 6 rings (SSSR count). The van der Waals surface area contributed by atoms with Crippen molar-refractivity contribution in [3.8, 4) is 0 Å². The van der Waals surface area contributed by atoms with E-state index >= 15 is 0 Å². The largest absolute Gasteiger partial charge is 0.243 e. The van der Waals surface area contributed by atoms with Gasteiger partial charge in [-0.1, -0.05) is 6.07 Å². The van der Waals surface area contributed by atoms with Gasteiger partial charge < -0.3 is 0 Å². The van der Waals surface area contributed by atoms with E-state index in [1.165, 1.54) is 38.5 Å². The van der Waals surface area contributed by atoms with Gasteiger partial charge in [0.15, 0.2) is 0 Å². The predicted octanol–water partition coefficient (Wildman–Crippen LogP) is 3.88. The number of sulfonamides is 1. The Bertz CT molecular complexity index is 916. The Labute approximate surface area is 159 Å². The van der Waals surface area contributed by atoms with Crippen LogP contribution in [-0.4, -0.2) is 23.7 Å². The summed E-state index contributed by atoms with van der Waals surface area (Å²) in [6.07, 6.45) is 9.16. The SMILES string of the molecule is Cc1ccc2nsnc2c1S(=O)(=O)NCCC12CC3CC(CC(C3)C1)C2. The molecule has 4 aliphatic carbocycles. The average molecular weight is 392 g/mol. The zero-order chi connectivity index (χ0) is 17.9. The van der Waals surface area contributed by atoms with Gasteiger partial charge in [-0.3, -0.25) is 0 Å². The third-order valence-electron chi connectivity index (χ3n) is 6.96. The van der Waals surface area contributed by atoms with Gasteiger partial charge in [-0.05, 0) is 86.7 Å². The number of fused-ring (bicyclic) bond motifs is 1. The minimum absolute atomic E-state index is 0.300. The molecule has 0 spiro atoms. The molecule has 1 aromatic carbocycles. The van der Waals surface area contributed by atoms with Crippen molar-refractivity contribution in [1.29, 1.82) is 0 Å². The highest BCUT2D eigenvalue weighted by atomic mass is 32.2. The standard InChI is InChI=1S/C19H25N3O2S2/c1-12-2-3-16-17(22-25-21-16)18(12)26(23,24)20-5-4-19-9-13-6-14(10-19)8-15(7-13)11-19/h2-3,13-15,20H,4-11H2,1H3. The molecule has 0 radical (unpaired) electrons. The fourth-order valence-corrected chi connectivity index (χ4v) is 8.40. The normalized spacial score (nSPS) is 33.2. The first-order valence-corrected chi connectivity index (χ1v) is 11.9. The number of nitrogens with zero attached hydrogens (tertiary/aromatic N) is 2. The minimum atomic E-state index is -3.57. The first kappa shape index (κ1) is 17.1. The number of aromatic nitrogens is 2. The molecule has 4 saturated carbocycles. The van der Waals surface area contributed by atoms with E-state index < -0.39 is 10.0 Å². The zero-order valence-electron chi connectivity index (χ0n) is 15.1. The molecule has 0 atom stereocenters. The molecule has 1 heterocycles. The van der Waals surface area contributed by atoms with Gasteiger partial charge in [-0.15, -0.1) is 0 Å². The summed E-state index contributed by atoms with van der Waals surface area (Å²) in [7, 11) is -3.57. The highest BCUT2D eigenvalue weighted by Crippen LogP contribution is 2.61. The van der Waals surface area contributed by atoms with Crippen LogP contribution in [0.25, 0.3) is 11.0 Å². The Kier molecular flexibility index (Phi) is 3.92. The van der Waals surface area contributed by atoms with Crippen LogP contribution in [0.4, 0.5) is 0 Å². The number of nitrogens with one attached hydrogen (secondary N) is 1. The van der Waals surface area contributed by atoms with E-state index in [1.807, 2.05) is 19.1 Å². The van der Waals surface area contributed by atoms with E-state index in [1.54, 1.807) is 0 Å². The molecule has 0 amide bonds. The maximum absolute atomic E-state index is 13.0. The van der Waals surface area contributed by atoms with Crippen molar-refractivity contribution in [2.75, 3.05) is 6.54 Å². The van der Waals surface area contributed by atoms with Gasteiger partial charge in [0.1, 0.15) is 15.9 Å². The Morgan fingerprint density at radius 1 is 1.12 bits per heavy atom. The van der Waals surface area contributed by atoms with E-state index in [-0.39, 0.29) is 0 Å². The van der Waals surface area contributed by atoms with Crippen LogP contribution < -0.4 is 4.72 Å². The fourth-order valence-electron chi connectivity index (χ4n) is 6.39. The third kappa shape index (κ3) is 2.79. The fraction of sp³-hybridized carbons (Fsp3) is 0.684. The van der Waals surface area contributed by atoms with Gasteiger partial charge in [0.25, 0.3) is 0 Å². The molecule has 0 aliphatic heterocycles. The minimum Gasteiger partial charge on any atom is -0.211 e. The lowest BCUT2D eigenvalue weighted by molar-refractivity contribution is -0.0561. The summed E-state index contributed by atoms with van der Waals surface area (Å²) in [6, 6.07) is 3.65. The summed E-state index contributed by atoms with van der Waals surface area (Å²) in [5, 5.41) is 0. The molecule has 2 aromatic rings. The topological polar surface area (TPSA) is 72.0 Å². The second kappa shape index (κ2) is 5.97. The molecular formula is C19H25N3O2S2. The number of hydrogen-bond donors (Lipinski definition) is 1. The van der Waals surface area contributed by atoms with Gasteiger partial charge in [0.2, 0.25) is 10.0 Å². The molecule has 4 aliphatic rings. The van der Waals surface area contributed by atoms with Crippen molar-refractivity contribution in [2.24, 2.45) is 23.2 Å². The second-order valence-electron chi connectivity index (χ2n) is 8.91. The lowest BCUT2D eigenvalue weighted by Crippen LogP contribution is -2.47. The Hall–Kier alpha value is -1.05. The summed E-state index contributed by atoms with van der Waals surface area (Å²) in [5.41, 5.74) is 2.27. The molecule has 0 unspecified atom stereocenters. The first-order chi connectivity index (χ1) is 12.4. The van der Waals surface area contributed by atoms with E-state index in [0.29, 0.717) is 27.9 Å². The number of aryl methyl sites for hydroxylation is 1. The number of rotatable bonds is 5. The first-order valence-electron chi connectivity index (χ1n) is 9.66. The molecule has 5 nitrogen and oxygen atoms in total. The van der Waals surface area contributed by atoms with Crippen LogP contribution in [-0.2, 0) is 10.0 Å². The van der Waals surface area contributed by atoms with Gasteiger partial charge in [-0.25, -0.2) is 13.1 Å². The van der Waals surface area contributed by atoms with Crippen LogP contribution >= 0.6 is 11.7 Å². The third-order valence-corrected chi connectivity index (χ3v) is 9.14. The molecule has 7 heteroatoms. The van der Waals surface area contributed by atoms with E-state index in [4.69, 9.17) is 0 Å². The van der Waals surface area contributed by atoms with Crippen molar-refractivity contribution in [1.82, 2.24) is 13.5 Å². The Balaban J connectivity index is 1.33. The van der Waals surface area contributed by atoms with Crippen LogP contribution in [0.15, 0.2) is 17.0 Å². The van der Waals surface area contributed by atoms with Crippen LogP contribution in [0.1, 0.15) is 50.5 Å². The average Bonchev–Trinajstić information content (AvgIpc) is 3.00. The molecule has 1 N–H and O–H groups in total. The highest BCUT2D eigenvalue weighted by molar-refractivity contribution is 7.89. The van der Waals surface area contributed by atoms with Crippen molar-refractivity contribution < 1.29 is 8.42 Å². The number of hydrogen-bond acceptors (Lipinski definition) is 5. The van der Waals surface area contributed by atoms with Gasteiger partial charge in [0, 0.05) is 6.54 Å². The van der Waals surface area contributed by atoms with E-state index in [9.17, 15) is 8.42 Å². The summed E-state index contributed by atoms with van der Waals surface area (Å²) >= 11 is 1.06. The van der Waals surface area contributed by atoms with Crippen LogP contribution in [0.2, 0.25) is 0 Å². The van der Waals surface area contributed by atoms with E-state index in [0.717, 1.165) is 41.5 Å². The quantitative estimate of drug-likeness (QED) is 0.839. The second-order valence-corrected chi connectivity index (χ2v) is 11.1. The Morgan fingerprint density at radius 2 is 1.77 bits per heavy atom. The molecular weight excluding hydrogens is 366 g/mol. The molecule has 4 fully saturated rings. The molecule has 140 valence electrons. The summed E-state index contributed by atoms with van der Waals surface area (Å²) in [6.45, 7) is 2.36. The van der Waals surface area contributed by atoms with Crippen LogP contribution in [0.5, 0.6) is 0 Å². The molecule has 4 bridgehead atoms. The molecule has 1 aromatic heterocycles. The van der Waals surface area contributed by atoms with Crippen molar-refractivity contribution in [2.45, 2.75) is 56.8 Å². The zero-order valence-corrected chi connectivity index (χ0v) is 16.7. The number of benzene rings is 1.